The molecule has 1 aromatic heterocycles. The molecule has 1 amide bonds. The van der Waals surface area contributed by atoms with E-state index in [1.54, 1.807) is 12.1 Å². The predicted molar refractivity (Wildman–Crippen MR) is 105 cm³/mol. The lowest BCUT2D eigenvalue weighted by Crippen LogP contribution is -2.40. The van der Waals surface area contributed by atoms with Crippen molar-refractivity contribution in [3.05, 3.63) is 65.2 Å². The first-order chi connectivity index (χ1) is 13.1. The molecule has 1 saturated heterocycles. The number of likely N-dealkylation sites (N-methyl/N-ethyl adjacent to an activating group) is 1. The van der Waals surface area contributed by atoms with Gasteiger partial charge >= 0.3 is 0 Å². The van der Waals surface area contributed by atoms with Crippen molar-refractivity contribution in [3.63, 3.8) is 0 Å². The summed E-state index contributed by atoms with van der Waals surface area (Å²) >= 11 is 0. The number of benzene rings is 1. The van der Waals surface area contributed by atoms with Crippen LogP contribution in [0, 0.1) is 5.82 Å². The third-order valence-electron chi connectivity index (χ3n) is 5.32. The number of amides is 1. The van der Waals surface area contributed by atoms with Crippen LogP contribution in [0.4, 0.5) is 4.39 Å². The number of nitrogens with zero attached hydrogens (tertiary/aromatic N) is 3. The summed E-state index contributed by atoms with van der Waals surface area (Å²) in [5.74, 6) is -0.0218. The van der Waals surface area contributed by atoms with E-state index in [1.807, 2.05) is 43.0 Å². The van der Waals surface area contributed by atoms with Crippen LogP contribution in [0.2, 0.25) is 0 Å². The van der Waals surface area contributed by atoms with Gasteiger partial charge in [0.05, 0.1) is 18.3 Å². The minimum absolute atomic E-state index is 0.157. The van der Waals surface area contributed by atoms with Crippen LogP contribution in [0.1, 0.15) is 49.7 Å². The van der Waals surface area contributed by atoms with E-state index in [0.29, 0.717) is 18.5 Å². The lowest BCUT2D eigenvalue weighted by Gasteiger charge is -2.27. The largest absolute Gasteiger partial charge is 0.342 e. The first kappa shape index (κ1) is 19.5. The Morgan fingerprint density at radius 1 is 1.19 bits per heavy atom. The molecule has 0 spiro atoms. The Morgan fingerprint density at radius 2 is 1.96 bits per heavy atom. The van der Waals surface area contributed by atoms with Crippen LogP contribution in [-0.4, -0.2) is 46.9 Å². The molecule has 1 aromatic carbocycles. The van der Waals surface area contributed by atoms with E-state index < -0.39 is 0 Å². The molecular weight excluding hydrogens is 341 g/mol. The Bertz CT molecular complexity index is 776. The van der Waals surface area contributed by atoms with Crippen molar-refractivity contribution in [1.82, 2.24) is 14.8 Å². The maximum atomic E-state index is 13.9. The molecule has 2 aromatic rings. The van der Waals surface area contributed by atoms with Crippen LogP contribution in [0.3, 0.4) is 0 Å². The van der Waals surface area contributed by atoms with Crippen molar-refractivity contribution in [2.24, 2.45) is 0 Å². The van der Waals surface area contributed by atoms with Gasteiger partial charge in [-0.1, -0.05) is 24.3 Å². The van der Waals surface area contributed by atoms with Gasteiger partial charge in [-0.2, -0.15) is 0 Å². The van der Waals surface area contributed by atoms with Crippen molar-refractivity contribution in [3.8, 4) is 0 Å². The summed E-state index contributed by atoms with van der Waals surface area (Å²) < 4.78 is 13.9. The van der Waals surface area contributed by atoms with Crippen LogP contribution < -0.4 is 0 Å². The van der Waals surface area contributed by atoms with Gasteiger partial charge in [0.15, 0.2) is 0 Å². The Hall–Kier alpha value is -2.27. The molecule has 0 aliphatic carbocycles. The van der Waals surface area contributed by atoms with Crippen molar-refractivity contribution >= 4 is 5.91 Å². The van der Waals surface area contributed by atoms with Gasteiger partial charge in [-0.15, -0.1) is 0 Å². The van der Waals surface area contributed by atoms with Gasteiger partial charge in [0.25, 0.3) is 0 Å². The summed E-state index contributed by atoms with van der Waals surface area (Å²) in [5, 5.41) is 0. The Labute approximate surface area is 161 Å². The number of halogens is 1. The molecule has 0 saturated carbocycles. The molecular formula is C22H28FN3O. The summed E-state index contributed by atoms with van der Waals surface area (Å²) in [4.78, 5) is 21.4. The molecule has 1 atom stereocenters. The number of rotatable bonds is 7. The molecule has 144 valence electrons. The standard InChI is InChI=1S/C22H28FN3O/c1-3-25(4-2)22(27)16-26-14-8-13-21(26)20-12-7-10-18(24-20)15-17-9-5-6-11-19(17)23/h5-7,9-12,21H,3-4,8,13-16H2,1-2H3. The normalized spacial score (nSPS) is 17.2. The Morgan fingerprint density at radius 3 is 2.70 bits per heavy atom. The van der Waals surface area contributed by atoms with Gasteiger partial charge in [-0.25, -0.2) is 4.39 Å². The minimum atomic E-state index is -0.197. The maximum Gasteiger partial charge on any atom is 0.236 e. The van der Waals surface area contributed by atoms with Crippen molar-refractivity contribution in [1.29, 1.82) is 0 Å². The summed E-state index contributed by atoms with van der Waals surface area (Å²) in [6.45, 7) is 6.85. The van der Waals surface area contributed by atoms with E-state index >= 15 is 0 Å². The molecule has 5 heteroatoms. The molecule has 3 rings (SSSR count). The molecule has 1 aliphatic rings. The average Bonchev–Trinajstić information content (AvgIpc) is 3.13. The molecule has 1 aliphatic heterocycles. The molecule has 0 N–H and O–H groups in total. The minimum Gasteiger partial charge on any atom is -0.342 e. The fourth-order valence-electron chi connectivity index (χ4n) is 3.82. The van der Waals surface area contributed by atoms with Gasteiger partial charge in [-0.05, 0) is 57.0 Å². The Balaban J connectivity index is 1.73. The van der Waals surface area contributed by atoms with Crippen LogP contribution in [0.25, 0.3) is 0 Å². The number of aromatic nitrogens is 1. The number of hydrogen-bond acceptors (Lipinski definition) is 3. The average molecular weight is 369 g/mol. The monoisotopic (exact) mass is 369 g/mol. The smallest absolute Gasteiger partial charge is 0.236 e. The van der Waals surface area contributed by atoms with Crippen molar-refractivity contribution in [2.45, 2.75) is 39.2 Å². The third kappa shape index (κ3) is 4.72. The number of carbonyl (C=O) groups is 1. The van der Waals surface area contributed by atoms with E-state index in [9.17, 15) is 9.18 Å². The van der Waals surface area contributed by atoms with Crippen LogP contribution >= 0.6 is 0 Å². The van der Waals surface area contributed by atoms with Gasteiger partial charge < -0.3 is 4.90 Å². The molecule has 4 nitrogen and oxygen atoms in total. The molecule has 1 unspecified atom stereocenters. The predicted octanol–water partition coefficient (Wildman–Crippen LogP) is 3.82. The first-order valence-corrected chi connectivity index (χ1v) is 9.83. The van der Waals surface area contributed by atoms with E-state index in [-0.39, 0.29) is 17.8 Å². The van der Waals surface area contributed by atoms with Crippen LogP contribution in [0.5, 0.6) is 0 Å². The summed E-state index contributed by atoms with van der Waals surface area (Å²) in [7, 11) is 0. The zero-order valence-corrected chi connectivity index (χ0v) is 16.2. The van der Waals surface area contributed by atoms with Gasteiger partial charge in [-0.3, -0.25) is 14.7 Å². The van der Waals surface area contributed by atoms with Crippen LogP contribution in [0.15, 0.2) is 42.5 Å². The molecule has 2 heterocycles. The topological polar surface area (TPSA) is 36.4 Å². The van der Waals surface area contributed by atoms with Crippen LogP contribution in [-0.2, 0) is 11.2 Å². The van der Waals surface area contributed by atoms with E-state index in [0.717, 1.165) is 43.9 Å². The van der Waals surface area contributed by atoms with E-state index in [2.05, 4.69) is 4.90 Å². The highest BCUT2D eigenvalue weighted by molar-refractivity contribution is 5.78. The lowest BCUT2D eigenvalue weighted by atomic mass is 10.1. The number of likely N-dealkylation sites (tertiary alicyclic amines) is 1. The SMILES string of the molecule is CCN(CC)C(=O)CN1CCCC1c1cccc(Cc2ccccc2F)n1. The Kier molecular flexibility index (Phi) is 6.56. The summed E-state index contributed by atoms with van der Waals surface area (Å²) in [6, 6.07) is 12.9. The molecule has 0 bridgehead atoms. The fraction of sp³-hybridized carbons (Fsp3) is 0.455. The molecule has 1 fully saturated rings. The second-order valence-electron chi connectivity index (χ2n) is 7.02. The van der Waals surface area contributed by atoms with Gasteiger partial charge in [0.1, 0.15) is 5.82 Å². The molecule has 27 heavy (non-hydrogen) atoms. The quantitative estimate of drug-likeness (QED) is 0.744. The van der Waals surface area contributed by atoms with Crippen molar-refractivity contribution in [2.75, 3.05) is 26.2 Å². The zero-order chi connectivity index (χ0) is 19.2. The maximum absolute atomic E-state index is 13.9. The third-order valence-corrected chi connectivity index (χ3v) is 5.32. The van der Waals surface area contributed by atoms with E-state index in [4.69, 9.17) is 4.98 Å². The second-order valence-corrected chi connectivity index (χ2v) is 7.02. The van der Waals surface area contributed by atoms with Crippen molar-refractivity contribution < 1.29 is 9.18 Å². The fourth-order valence-corrected chi connectivity index (χ4v) is 3.82. The number of hydrogen-bond donors (Lipinski definition) is 0. The highest BCUT2D eigenvalue weighted by atomic mass is 19.1. The highest BCUT2D eigenvalue weighted by Crippen LogP contribution is 2.31. The first-order valence-electron chi connectivity index (χ1n) is 9.83. The summed E-state index contributed by atoms with van der Waals surface area (Å²) in [6.07, 6.45) is 2.54. The van der Waals surface area contributed by atoms with Gasteiger partial charge in [0, 0.05) is 25.2 Å². The number of pyridine rings is 1. The highest BCUT2D eigenvalue weighted by Gasteiger charge is 2.29. The lowest BCUT2D eigenvalue weighted by molar-refractivity contribution is -0.132. The van der Waals surface area contributed by atoms with E-state index in [1.165, 1.54) is 6.07 Å². The second kappa shape index (κ2) is 9.09. The summed E-state index contributed by atoms with van der Waals surface area (Å²) in [5.41, 5.74) is 2.50. The zero-order valence-electron chi connectivity index (χ0n) is 16.2. The number of carbonyl (C=O) groups excluding carboxylic acids is 1. The molecule has 0 radical (unpaired) electrons. The van der Waals surface area contributed by atoms with Gasteiger partial charge in [0.2, 0.25) is 5.91 Å².